The topological polar surface area (TPSA) is 80.9 Å². The highest BCUT2D eigenvalue weighted by molar-refractivity contribution is 6.13. The van der Waals surface area contributed by atoms with E-state index >= 15 is 0 Å². The molecule has 0 amide bonds. The van der Waals surface area contributed by atoms with Gasteiger partial charge in [-0.05, 0) is 11.0 Å². The van der Waals surface area contributed by atoms with E-state index in [1.807, 2.05) is 0 Å². The van der Waals surface area contributed by atoms with Crippen molar-refractivity contribution >= 4 is 26.3 Å². The van der Waals surface area contributed by atoms with E-state index in [1.54, 1.807) is 0 Å². The zero-order valence-electron chi connectivity index (χ0n) is 3.20. The van der Waals surface area contributed by atoms with Gasteiger partial charge in [-0.15, -0.1) is 0 Å². The highest BCUT2D eigenvalue weighted by atomic mass is 28.1. The molecule has 7 heteroatoms. The van der Waals surface area contributed by atoms with Crippen LogP contribution in [0, 0.1) is 0 Å². The Balaban J connectivity index is -0.0000000400. The standard InChI is InChI=1S/2BH3O2.H4Si/c2*2-1-3;/h2*1-3H;1H4. The maximum absolute atomic E-state index is 7.12. The van der Waals surface area contributed by atoms with Crippen LogP contribution in [0.15, 0.2) is 0 Å². The van der Waals surface area contributed by atoms with Crippen molar-refractivity contribution in [1.82, 2.24) is 0 Å². The largest absolute Gasteiger partial charge is 0.432 e. The summed E-state index contributed by atoms with van der Waals surface area (Å²) in [4.78, 5) is 0. The van der Waals surface area contributed by atoms with Crippen LogP contribution in [0.5, 0.6) is 0 Å². The molecule has 0 aliphatic rings. The van der Waals surface area contributed by atoms with Gasteiger partial charge in [-0.1, -0.05) is 0 Å². The van der Waals surface area contributed by atoms with Gasteiger partial charge >= 0.3 is 15.4 Å². The molecule has 0 bridgehead atoms. The van der Waals surface area contributed by atoms with E-state index in [2.05, 4.69) is 0 Å². The lowest BCUT2D eigenvalue weighted by Gasteiger charge is -1.48. The highest BCUT2D eigenvalue weighted by Crippen LogP contribution is 1.08. The maximum Gasteiger partial charge on any atom is 0.432 e. The minimum atomic E-state index is -0.750. The van der Waals surface area contributed by atoms with Crippen molar-refractivity contribution in [2.75, 3.05) is 0 Å². The molecule has 0 radical (unpaired) electrons. The third-order valence-corrected chi connectivity index (χ3v) is 0. The smallest absolute Gasteiger partial charge is 0.430 e. The summed E-state index contributed by atoms with van der Waals surface area (Å²) in [5, 5.41) is 28.5. The summed E-state index contributed by atoms with van der Waals surface area (Å²) in [7, 11) is -1.50. The maximum atomic E-state index is 7.12. The molecule has 0 fully saturated rings. The molecule has 0 heterocycles. The lowest BCUT2D eigenvalue weighted by molar-refractivity contribution is 0.447. The van der Waals surface area contributed by atoms with Gasteiger partial charge in [0.05, 0.1) is 0 Å². The van der Waals surface area contributed by atoms with Crippen LogP contribution >= 0.6 is 0 Å². The number of hydrogen-bond acceptors (Lipinski definition) is 4. The van der Waals surface area contributed by atoms with Crippen molar-refractivity contribution < 1.29 is 20.1 Å². The molecule has 44 valence electrons. The predicted molar refractivity (Wildman–Crippen MR) is 34.5 cm³/mol. The molecule has 0 aromatic heterocycles. The molecular formula is H10B2O4Si. The summed E-state index contributed by atoms with van der Waals surface area (Å²) < 4.78 is 0. The third-order valence-electron chi connectivity index (χ3n) is 0. The minimum absolute atomic E-state index is 0. The first-order valence-electron chi connectivity index (χ1n) is 1.26. The SMILES string of the molecule is OBO.OBO.[SiH4]. The number of rotatable bonds is 0. The molecule has 0 aromatic rings. The van der Waals surface area contributed by atoms with Crippen LogP contribution in [0.4, 0.5) is 0 Å². The van der Waals surface area contributed by atoms with E-state index in [-0.39, 0.29) is 11.0 Å². The lowest BCUT2D eigenvalue weighted by atomic mass is 10.5. The quantitative estimate of drug-likeness (QED) is 0.244. The van der Waals surface area contributed by atoms with Crippen LogP contribution < -0.4 is 0 Å². The summed E-state index contributed by atoms with van der Waals surface area (Å²) in [5.41, 5.74) is 0. The van der Waals surface area contributed by atoms with Crippen molar-refractivity contribution in [2.45, 2.75) is 0 Å². The Morgan fingerprint density at radius 2 is 0.714 bits per heavy atom. The van der Waals surface area contributed by atoms with Gasteiger partial charge < -0.3 is 20.1 Å². The highest BCUT2D eigenvalue weighted by Gasteiger charge is 1.48. The van der Waals surface area contributed by atoms with Crippen LogP contribution in [0.3, 0.4) is 0 Å². The van der Waals surface area contributed by atoms with Gasteiger partial charge in [-0.25, -0.2) is 0 Å². The van der Waals surface area contributed by atoms with E-state index in [9.17, 15) is 0 Å². The molecule has 0 saturated heterocycles. The van der Waals surface area contributed by atoms with Gasteiger partial charge in [-0.2, -0.15) is 0 Å². The number of hydrogen-bond donors (Lipinski definition) is 4. The van der Waals surface area contributed by atoms with Crippen molar-refractivity contribution in [2.24, 2.45) is 0 Å². The summed E-state index contributed by atoms with van der Waals surface area (Å²) >= 11 is 0. The van der Waals surface area contributed by atoms with Crippen LogP contribution in [0.2, 0.25) is 0 Å². The third kappa shape index (κ3) is 3110. The van der Waals surface area contributed by atoms with Crippen molar-refractivity contribution in [1.29, 1.82) is 0 Å². The minimum Gasteiger partial charge on any atom is -0.430 e. The van der Waals surface area contributed by atoms with Gasteiger partial charge in [0.15, 0.2) is 0 Å². The zero-order valence-corrected chi connectivity index (χ0v) is 3.20. The van der Waals surface area contributed by atoms with Crippen LogP contribution in [0.25, 0.3) is 0 Å². The van der Waals surface area contributed by atoms with E-state index in [1.165, 1.54) is 0 Å². The normalized spacial score (nSPS) is 4.00. The fourth-order valence-corrected chi connectivity index (χ4v) is 0. The molecule has 0 saturated carbocycles. The Bertz CT molecular complexity index is 11.7. The lowest BCUT2D eigenvalue weighted by Crippen LogP contribution is -1.75. The van der Waals surface area contributed by atoms with Gasteiger partial charge in [-0.3, -0.25) is 0 Å². The predicted octanol–water partition coefficient (Wildman–Crippen LogP) is -4.98. The zero-order chi connectivity index (χ0) is 5.41. The van der Waals surface area contributed by atoms with Crippen LogP contribution in [0.1, 0.15) is 0 Å². The molecule has 0 unspecified atom stereocenters. The summed E-state index contributed by atoms with van der Waals surface area (Å²) in [6, 6.07) is 0. The molecule has 0 rings (SSSR count). The Kier molecular flexibility index (Phi) is 78.0. The van der Waals surface area contributed by atoms with Crippen molar-refractivity contribution in [3.63, 3.8) is 0 Å². The average molecular weight is 124 g/mol. The van der Waals surface area contributed by atoms with E-state index in [0.29, 0.717) is 0 Å². The fraction of sp³-hybridized carbons (Fsp3) is 0. The summed E-state index contributed by atoms with van der Waals surface area (Å²) in [6.07, 6.45) is 0. The Morgan fingerprint density at radius 3 is 0.714 bits per heavy atom. The first-order chi connectivity index (χ1) is 2.83. The van der Waals surface area contributed by atoms with Crippen molar-refractivity contribution in [3.8, 4) is 0 Å². The Labute approximate surface area is 47.4 Å². The van der Waals surface area contributed by atoms with Gasteiger partial charge in [0.25, 0.3) is 0 Å². The fourth-order valence-electron chi connectivity index (χ4n) is 0. The van der Waals surface area contributed by atoms with Gasteiger partial charge in [0, 0.05) is 0 Å². The molecule has 0 aliphatic carbocycles. The second kappa shape index (κ2) is 34.8. The monoisotopic (exact) mass is 124 g/mol. The van der Waals surface area contributed by atoms with E-state index in [0.717, 1.165) is 0 Å². The molecule has 0 aliphatic heterocycles. The van der Waals surface area contributed by atoms with Crippen LogP contribution in [-0.4, -0.2) is 46.4 Å². The molecule has 4 N–H and O–H groups in total. The van der Waals surface area contributed by atoms with Crippen molar-refractivity contribution in [3.05, 3.63) is 0 Å². The van der Waals surface area contributed by atoms with E-state index in [4.69, 9.17) is 20.1 Å². The molecule has 4 nitrogen and oxygen atoms in total. The van der Waals surface area contributed by atoms with Crippen LogP contribution in [-0.2, 0) is 0 Å². The molecular weight excluding hydrogens is 114 g/mol. The molecule has 0 spiro atoms. The second-order valence-electron chi connectivity index (χ2n) is 0.283. The summed E-state index contributed by atoms with van der Waals surface area (Å²) in [6.45, 7) is 0. The first kappa shape index (κ1) is 15.7. The van der Waals surface area contributed by atoms with Gasteiger partial charge in [0.2, 0.25) is 0 Å². The molecule has 0 atom stereocenters. The Hall–Kier alpha value is 0.187. The summed E-state index contributed by atoms with van der Waals surface area (Å²) in [5.74, 6) is 0. The second-order valence-corrected chi connectivity index (χ2v) is 0.283. The molecule has 0 aromatic carbocycles. The van der Waals surface area contributed by atoms with E-state index < -0.39 is 15.4 Å². The Morgan fingerprint density at radius 1 is 0.714 bits per heavy atom. The van der Waals surface area contributed by atoms with Gasteiger partial charge in [0.1, 0.15) is 0 Å². The first-order valence-corrected chi connectivity index (χ1v) is 1.26. The average Bonchev–Trinajstić information content (AvgIpc) is 1.39. The molecule has 7 heavy (non-hydrogen) atoms.